The minimum absolute atomic E-state index is 0.509. The Labute approximate surface area is 98.2 Å². The van der Waals surface area contributed by atoms with Gasteiger partial charge in [-0.2, -0.15) is 5.10 Å². The average molecular weight is 221 g/mol. The van der Waals surface area contributed by atoms with Crippen molar-refractivity contribution in [3.05, 3.63) is 17.5 Å². The summed E-state index contributed by atoms with van der Waals surface area (Å²) in [6.45, 7) is 7.66. The van der Waals surface area contributed by atoms with Crippen LogP contribution in [0.2, 0.25) is 0 Å². The van der Waals surface area contributed by atoms with Crippen LogP contribution in [0.25, 0.3) is 0 Å². The molecule has 0 saturated heterocycles. The zero-order chi connectivity index (χ0) is 11.7. The van der Waals surface area contributed by atoms with Crippen LogP contribution >= 0.6 is 0 Å². The summed E-state index contributed by atoms with van der Waals surface area (Å²) in [7, 11) is 2.00. The Balaban J connectivity index is 1.96. The van der Waals surface area contributed by atoms with E-state index in [-0.39, 0.29) is 0 Å². The standard InChI is InChI=1S/C13H23N3/c1-9(2)13-12(8-16(4)15-13)7-14-10(3)11-5-6-11/h8-11,14H,5-7H2,1-4H3. The third kappa shape index (κ3) is 2.64. The molecule has 1 aliphatic carbocycles. The molecule has 1 fully saturated rings. The van der Waals surface area contributed by atoms with Crippen molar-refractivity contribution in [1.82, 2.24) is 15.1 Å². The number of nitrogens with one attached hydrogen (secondary N) is 1. The van der Waals surface area contributed by atoms with Crippen LogP contribution in [0.3, 0.4) is 0 Å². The molecule has 1 saturated carbocycles. The van der Waals surface area contributed by atoms with Crippen molar-refractivity contribution in [3.63, 3.8) is 0 Å². The number of nitrogens with zero attached hydrogens (tertiary/aromatic N) is 2. The van der Waals surface area contributed by atoms with Crippen molar-refractivity contribution in [2.24, 2.45) is 13.0 Å². The Bertz CT molecular complexity index is 350. The molecule has 0 spiro atoms. The fraction of sp³-hybridized carbons (Fsp3) is 0.769. The SMILES string of the molecule is CC(C)c1nn(C)cc1CNC(C)C1CC1. The Hall–Kier alpha value is -0.830. The van der Waals surface area contributed by atoms with Gasteiger partial charge in [-0.3, -0.25) is 4.68 Å². The molecule has 90 valence electrons. The van der Waals surface area contributed by atoms with Gasteiger partial charge < -0.3 is 5.32 Å². The highest BCUT2D eigenvalue weighted by Crippen LogP contribution is 2.32. The Morgan fingerprint density at radius 2 is 2.12 bits per heavy atom. The minimum atomic E-state index is 0.509. The highest BCUT2D eigenvalue weighted by Gasteiger charge is 2.27. The van der Waals surface area contributed by atoms with Crippen molar-refractivity contribution in [3.8, 4) is 0 Å². The first-order chi connectivity index (χ1) is 7.58. The van der Waals surface area contributed by atoms with Crippen molar-refractivity contribution in [2.75, 3.05) is 0 Å². The molecule has 0 radical (unpaired) electrons. The molecule has 1 N–H and O–H groups in total. The summed E-state index contributed by atoms with van der Waals surface area (Å²) >= 11 is 0. The van der Waals surface area contributed by atoms with Crippen LogP contribution in [0.15, 0.2) is 6.20 Å². The van der Waals surface area contributed by atoms with Crippen LogP contribution in [0.5, 0.6) is 0 Å². The fourth-order valence-electron chi connectivity index (χ4n) is 2.21. The van der Waals surface area contributed by atoms with Gasteiger partial charge >= 0.3 is 0 Å². The first kappa shape index (κ1) is 11.6. The largest absolute Gasteiger partial charge is 0.310 e. The van der Waals surface area contributed by atoms with Crippen molar-refractivity contribution >= 4 is 0 Å². The van der Waals surface area contributed by atoms with E-state index < -0.39 is 0 Å². The van der Waals surface area contributed by atoms with Gasteiger partial charge in [-0.25, -0.2) is 0 Å². The lowest BCUT2D eigenvalue weighted by Crippen LogP contribution is -2.27. The molecule has 3 nitrogen and oxygen atoms in total. The third-order valence-corrected chi connectivity index (χ3v) is 3.43. The van der Waals surface area contributed by atoms with Gasteiger partial charge in [0.1, 0.15) is 0 Å². The van der Waals surface area contributed by atoms with Crippen LogP contribution in [0.4, 0.5) is 0 Å². The number of aromatic nitrogens is 2. The quantitative estimate of drug-likeness (QED) is 0.827. The highest BCUT2D eigenvalue weighted by molar-refractivity contribution is 5.20. The molecule has 1 aliphatic rings. The second-order valence-corrected chi connectivity index (χ2v) is 5.37. The van der Waals surface area contributed by atoms with Gasteiger partial charge in [0, 0.05) is 31.4 Å². The van der Waals surface area contributed by atoms with Crippen LogP contribution in [-0.4, -0.2) is 15.8 Å². The number of rotatable bonds is 5. The molecule has 0 amide bonds. The minimum Gasteiger partial charge on any atom is -0.310 e. The molecule has 1 unspecified atom stereocenters. The van der Waals surface area contributed by atoms with Gasteiger partial charge in [0.05, 0.1) is 5.69 Å². The van der Waals surface area contributed by atoms with E-state index in [4.69, 9.17) is 0 Å². The summed E-state index contributed by atoms with van der Waals surface area (Å²) in [5.41, 5.74) is 2.59. The zero-order valence-electron chi connectivity index (χ0n) is 10.8. The van der Waals surface area contributed by atoms with E-state index in [0.717, 1.165) is 12.5 Å². The maximum absolute atomic E-state index is 4.53. The van der Waals surface area contributed by atoms with E-state index in [1.54, 1.807) is 0 Å². The predicted molar refractivity (Wildman–Crippen MR) is 66.3 cm³/mol. The third-order valence-electron chi connectivity index (χ3n) is 3.43. The summed E-state index contributed by atoms with van der Waals surface area (Å²) in [6, 6.07) is 0.653. The van der Waals surface area contributed by atoms with Crippen LogP contribution in [0, 0.1) is 5.92 Å². The van der Waals surface area contributed by atoms with Crippen molar-refractivity contribution in [1.29, 1.82) is 0 Å². The van der Waals surface area contributed by atoms with Gasteiger partial charge in [-0.15, -0.1) is 0 Å². The average Bonchev–Trinajstić information content (AvgIpc) is 2.99. The molecule has 1 aromatic rings. The lowest BCUT2D eigenvalue weighted by atomic mass is 10.1. The first-order valence-electron chi connectivity index (χ1n) is 6.33. The molecule has 1 atom stereocenters. The van der Waals surface area contributed by atoms with Crippen molar-refractivity contribution < 1.29 is 0 Å². The second-order valence-electron chi connectivity index (χ2n) is 5.37. The second kappa shape index (κ2) is 4.58. The molecule has 0 aromatic carbocycles. The van der Waals surface area contributed by atoms with E-state index in [1.165, 1.54) is 24.1 Å². The van der Waals surface area contributed by atoms with E-state index in [9.17, 15) is 0 Å². The number of aryl methyl sites for hydroxylation is 1. The van der Waals surface area contributed by atoms with Gasteiger partial charge in [0.15, 0.2) is 0 Å². The number of hydrogen-bond donors (Lipinski definition) is 1. The topological polar surface area (TPSA) is 29.9 Å². The zero-order valence-corrected chi connectivity index (χ0v) is 10.8. The highest BCUT2D eigenvalue weighted by atomic mass is 15.3. The lowest BCUT2D eigenvalue weighted by Gasteiger charge is -2.13. The Morgan fingerprint density at radius 3 is 2.69 bits per heavy atom. The molecule has 16 heavy (non-hydrogen) atoms. The van der Waals surface area contributed by atoms with Crippen molar-refractivity contribution in [2.45, 2.75) is 52.1 Å². The maximum Gasteiger partial charge on any atom is 0.0694 e. The fourth-order valence-corrected chi connectivity index (χ4v) is 2.21. The predicted octanol–water partition coefficient (Wildman–Crippen LogP) is 2.43. The van der Waals surface area contributed by atoms with Crippen LogP contribution in [0.1, 0.15) is 50.8 Å². The molecule has 0 bridgehead atoms. The van der Waals surface area contributed by atoms with E-state index in [1.807, 2.05) is 11.7 Å². The summed E-state index contributed by atoms with van der Waals surface area (Å²) < 4.78 is 1.92. The molecule has 3 heteroatoms. The summed E-state index contributed by atoms with van der Waals surface area (Å²) in [5, 5.41) is 8.14. The number of hydrogen-bond acceptors (Lipinski definition) is 2. The molecule has 1 aromatic heterocycles. The van der Waals surface area contributed by atoms with E-state index >= 15 is 0 Å². The summed E-state index contributed by atoms with van der Waals surface area (Å²) in [5.74, 6) is 1.42. The smallest absolute Gasteiger partial charge is 0.0694 e. The molecule has 1 heterocycles. The molecule has 0 aliphatic heterocycles. The molecular weight excluding hydrogens is 198 g/mol. The first-order valence-corrected chi connectivity index (χ1v) is 6.33. The summed E-state index contributed by atoms with van der Waals surface area (Å²) in [4.78, 5) is 0. The normalized spacial score (nSPS) is 18.1. The Kier molecular flexibility index (Phi) is 3.33. The lowest BCUT2D eigenvalue weighted by molar-refractivity contribution is 0.494. The van der Waals surface area contributed by atoms with Crippen LogP contribution < -0.4 is 5.32 Å². The maximum atomic E-state index is 4.53. The van der Waals surface area contributed by atoms with Gasteiger partial charge in [0.2, 0.25) is 0 Å². The van der Waals surface area contributed by atoms with E-state index in [0.29, 0.717) is 12.0 Å². The van der Waals surface area contributed by atoms with E-state index in [2.05, 4.69) is 37.4 Å². The Morgan fingerprint density at radius 1 is 1.44 bits per heavy atom. The van der Waals surface area contributed by atoms with Gasteiger partial charge in [0.25, 0.3) is 0 Å². The van der Waals surface area contributed by atoms with Gasteiger partial charge in [-0.1, -0.05) is 13.8 Å². The monoisotopic (exact) mass is 221 g/mol. The molecular formula is C13H23N3. The van der Waals surface area contributed by atoms with Gasteiger partial charge in [-0.05, 0) is 31.6 Å². The summed E-state index contributed by atoms with van der Waals surface area (Å²) in [6.07, 6.45) is 4.94. The molecule has 2 rings (SSSR count). The van der Waals surface area contributed by atoms with Crippen LogP contribution in [-0.2, 0) is 13.6 Å².